The Morgan fingerprint density at radius 1 is 1.45 bits per heavy atom. The van der Waals surface area contributed by atoms with Crippen molar-refractivity contribution in [2.75, 3.05) is 0 Å². The van der Waals surface area contributed by atoms with E-state index in [1.54, 1.807) is 0 Å². The van der Waals surface area contributed by atoms with Crippen molar-refractivity contribution >= 4 is 11.2 Å². The summed E-state index contributed by atoms with van der Waals surface area (Å²) in [5.74, 6) is -0.457. The van der Waals surface area contributed by atoms with Crippen molar-refractivity contribution in [2.45, 2.75) is 0 Å². The molecule has 0 aliphatic carbocycles. The van der Waals surface area contributed by atoms with Gasteiger partial charge in [-0.15, -0.1) is 0 Å². The minimum absolute atomic E-state index is 0.0648. The molecule has 2 rings (SSSR count). The maximum Gasteiger partial charge on any atom is 0.314 e. The fourth-order valence-electron chi connectivity index (χ4n) is 0.741. The van der Waals surface area contributed by atoms with Gasteiger partial charge in [0.2, 0.25) is 5.88 Å². The molecule has 0 fully saturated rings. The molecule has 0 aliphatic rings. The first kappa shape index (κ1) is 6.02. The summed E-state index contributed by atoms with van der Waals surface area (Å²) >= 11 is 0. The van der Waals surface area contributed by atoms with Crippen molar-refractivity contribution in [3.05, 3.63) is 12.4 Å². The first-order valence-corrected chi connectivity index (χ1v) is 2.75. The van der Waals surface area contributed by atoms with Gasteiger partial charge >= 0.3 is 6.08 Å². The van der Waals surface area contributed by atoms with Gasteiger partial charge in [0.05, 0.1) is 0 Å². The molecular weight excluding hydrogens is 151 g/mol. The maximum atomic E-state index is 12.3. The van der Waals surface area contributed by atoms with Gasteiger partial charge in [0.1, 0.15) is 5.52 Å². The molecule has 2 N–H and O–H groups in total. The van der Waals surface area contributed by atoms with Crippen molar-refractivity contribution in [2.24, 2.45) is 0 Å². The van der Waals surface area contributed by atoms with Crippen molar-refractivity contribution in [3.8, 4) is 5.88 Å². The Morgan fingerprint density at radius 2 is 2.27 bits per heavy atom. The predicted octanol–water partition coefficient (Wildman–Crippen LogP) is -0.00221. The van der Waals surface area contributed by atoms with Crippen molar-refractivity contribution < 1.29 is 9.50 Å². The lowest BCUT2D eigenvalue weighted by Gasteiger charge is -1.90. The van der Waals surface area contributed by atoms with Gasteiger partial charge in [0.15, 0.2) is 12.0 Å². The lowest BCUT2D eigenvalue weighted by molar-refractivity contribution is 0.433. The predicted molar refractivity (Wildman–Crippen MR) is 32.1 cm³/mol. The van der Waals surface area contributed by atoms with Crippen LogP contribution in [0, 0.1) is 12.4 Å². The molecular formula is C5H2FN4O. The second kappa shape index (κ2) is 1.88. The van der Waals surface area contributed by atoms with E-state index >= 15 is 0 Å². The Balaban J connectivity index is 2.91. The quantitative estimate of drug-likeness (QED) is 0.522. The SMILES string of the molecule is Oc1nc(F)nc2n[c][nH]c12. The molecule has 55 valence electrons. The van der Waals surface area contributed by atoms with Crippen molar-refractivity contribution in [1.82, 2.24) is 19.9 Å². The lowest BCUT2D eigenvalue weighted by Crippen LogP contribution is -1.89. The number of imidazole rings is 1. The monoisotopic (exact) mass is 153 g/mol. The second-order valence-electron chi connectivity index (χ2n) is 1.86. The van der Waals surface area contributed by atoms with E-state index < -0.39 is 12.0 Å². The summed E-state index contributed by atoms with van der Waals surface area (Å²) in [6.45, 7) is 0. The van der Waals surface area contributed by atoms with Gasteiger partial charge in [-0.05, 0) is 0 Å². The second-order valence-corrected chi connectivity index (χ2v) is 1.86. The van der Waals surface area contributed by atoms with E-state index in [9.17, 15) is 4.39 Å². The van der Waals surface area contributed by atoms with E-state index in [2.05, 4.69) is 26.3 Å². The topological polar surface area (TPSA) is 74.7 Å². The van der Waals surface area contributed by atoms with Crippen molar-refractivity contribution in [3.63, 3.8) is 0 Å². The first-order valence-electron chi connectivity index (χ1n) is 2.75. The van der Waals surface area contributed by atoms with E-state index in [1.165, 1.54) is 0 Å². The number of rotatable bonds is 0. The Bertz CT molecular complexity index is 398. The minimum atomic E-state index is -1.00. The van der Waals surface area contributed by atoms with Crippen molar-refractivity contribution in [1.29, 1.82) is 0 Å². The molecule has 0 amide bonds. The van der Waals surface area contributed by atoms with Gasteiger partial charge < -0.3 is 10.1 Å². The summed E-state index contributed by atoms with van der Waals surface area (Å²) in [5.41, 5.74) is 0.251. The number of aromatic amines is 1. The molecule has 6 heteroatoms. The number of halogens is 1. The third-order valence-corrected chi connectivity index (χ3v) is 1.19. The normalized spacial score (nSPS) is 10.6. The third kappa shape index (κ3) is 0.794. The lowest BCUT2D eigenvalue weighted by atomic mass is 10.5. The molecule has 0 atom stereocenters. The summed E-state index contributed by atoms with van der Waals surface area (Å²) in [6, 6.07) is 0. The van der Waals surface area contributed by atoms with Gasteiger partial charge in [-0.1, -0.05) is 0 Å². The largest absolute Gasteiger partial charge is 0.492 e. The van der Waals surface area contributed by atoms with E-state index in [1.807, 2.05) is 0 Å². The number of hydrogen-bond donors (Lipinski definition) is 2. The molecule has 0 aromatic carbocycles. The number of aromatic nitrogens is 4. The van der Waals surface area contributed by atoms with Crippen LogP contribution in [0.15, 0.2) is 0 Å². The minimum Gasteiger partial charge on any atom is -0.492 e. The molecule has 0 aliphatic heterocycles. The zero-order valence-electron chi connectivity index (χ0n) is 5.17. The van der Waals surface area contributed by atoms with Gasteiger partial charge in [-0.3, -0.25) is 0 Å². The molecule has 2 aromatic rings. The Morgan fingerprint density at radius 3 is 3.09 bits per heavy atom. The standard InChI is InChI=1S/C5H2FN4O/c6-5-9-3-2(4(11)10-5)7-1-8-3/h(H2,7,8,9,10,11). The molecule has 1 radical (unpaired) electrons. The molecule has 11 heavy (non-hydrogen) atoms. The van der Waals surface area contributed by atoms with Crippen LogP contribution in [0.2, 0.25) is 0 Å². The molecule has 2 aromatic heterocycles. The van der Waals surface area contributed by atoms with Crippen LogP contribution in [-0.2, 0) is 0 Å². The van der Waals surface area contributed by atoms with Crippen LogP contribution < -0.4 is 0 Å². The zero-order chi connectivity index (χ0) is 7.84. The average molecular weight is 153 g/mol. The average Bonchev–Trinajstić information content (AvgIpc) is 2.34. The first-order chi connectivity index (χ1) is 5.27. The van der Waals surface area contributed by atoms with Crippen LogP contribution in [0.5, 0.6) is 5.88 Å². The van der Waals surface area contributed by atoms with Gasteiger partial charge in [0.25, 0.3) is 0 Å². The highest BCUT2D eigenvalue weighted by molar-refractivity contribution is 5.74. The smallest absolute Gasteiger partial charge is 0.314 e. The Kier molecular flexibility index (Phi) is 1.03. The Labute approximate surface area is 59.9 Å². The van der Waals surface area contributed by atoms with Gasteiger partial charge in [-0.25, -0.2) is 4.98 Å². The highest BCUT2D eigenvalue weighted by atomic mass is 19.1. The van der Waals surface area contributed by atoms with Crippen LogP contribution in [0.4, 0.5) is 4.39 Å². The van der Waals surface area contributed by atoms with Crippen LogP contribution >= 0.6 is 0 Å². The van der Waals surface area contributed by atoms with E-state index in [0.717, 1.165) is 0 Å². The molecule has 0 bridgehead atoms. The highest BCUT2D eigenvalue weighted by Crippen LogP contribution is 2.15. The molecule has 2 heterocycles. The summed E-state index contributed by atoms with van der Waals surface area (Å²) in [4.78, 5) is 12.3. The summed E-state index contributed by atoms with van der Waals surface area (Å²) in [5, 5.41) is 8.96. The van der Waals surface area contributed by atoms with Crippen LogP contribution in [0.25, 0.3) is 11.2 Å². The maximum absolute atomic E-state index is 12.3. The zero-order valence-corrected chi connectivity index (χ0v) is 5.17. The fraction of sp³-hybridized carbons (Fsp3) is 0. The van der Waals surface area contributed by atoms with Crippen LogP contribution in [0.1, 0.15) is 0 Å². The highest BCUT2D eigenvalue weighted by Gasteiger charge is 2.07. The number of aromatic hydroxyl groups is 1. The number of nitrogens with one attached hydrogen (secondary N) is 1. The fourth-order valence-corrected chi connectivity index (χ4v) is 0.741. The van der Waals surface area contributed by atoms with Gasteiger partial charge in [-0.2, -0.15) is 14.4 Å². The number of nitrogens with zero attached hydrogens (tertiary/aromatic N) is 3. The number of hydrogen-bond acceptors (Lipinski definition) is 4. The van der Waals surface area contributed by atoms with Crippen LogP contribution in [-0.4, -0.2) is 25.0 Å². The summed E-state index contributed by atoms with van der Waals surface area (Å²) in [7, 11) is 0. The Hall–Kier alpha value is -1.72. The summed E-state index contributed by atoms with van der Waals surface area (Å²) < 4.78 is 12.3. The third-order valence-electron chi connectivity index (χ3n) is 1.19. The molecule has 5 nitrogen and oxygen atoms in total. The number of H-pyrrole nitrogens is 1. The van der Waals surface area contributed by atoms with E-state index in [0.29, 0.717) is 0 Å². The van der Waals surface area contributed by atoms with E-state index in [4.69, 9.17) is 5.11 Å². The summed E-state index contributed by atoms with van der Waals surface area (Å²) in [6.07, 6.45) is 1.30. The molecule has 0 spiro atoms. The van der Waals surface area contributed by atoms with E-state index in [-0.39, 0.29) is 11.2 Å². The number of fused-ring (bicyclic) bond motifs is 1. The molecule has 0 saturated carbocycles. The molecule has 0 unspecified atom stereocenters. The van der Waals surface area contributed by atoms with Gasteiger partial charge in [0, 0.05) is 0 Å². The molecule has 0 saturated heterocycles. The van der Waals surface area contributed by atoms with Crippen LogP contribution in [0.3, 0.4) is 0 Å².